The Kier molecular flexibility index (Phi) is 7.09. The number of aryl methyl sites for hydroxylation is 1. The fraction of sp³-hybridized carbons (Fsp3) is 0.214. The first-order valence-electron chi connectivity index (χ1n) is 12.2. The highest BCUT2D eigenvalue weighted by atomic mass is 32.2. The molecule has 38 heavy (non-hydrogen) atoms. The van der Waals surface area contributed by atoms with Gasteiger partial charge in [-0.25, -0.2) is 8.42 Å². The van der Waals surface area contributed by atoms with E-state index in [0.717, 1.165) is 40.3 Å². The standard InChI is InChI=1S/C28H28N4O4S2/c1-4-35-21-11-8-19(9-12-21)24-14-15-25(36-24)27-26(23-7-5-6-16-29-23)30-28(37)32(27)20-10-13-22(18(2)17-20)31-38(3,33)34/h5-17,26-27,31H,4H2,1-3H3,(H,30,37)/t26-,27+/m1/s1. The summed E-state index contributed by atoms with van der Waals surface area (Å²) in [6.07, 6.45) is 2.88. The van der Waals surface area contributed by atoms with Crippen LogP contribution in [0.15, 0.2) is 83.4 Å². The average Bonchev–Trinajstić information content (AvgIpc) is 3.50. The third-order valence-corrected chi connectivity index (χ3v) is 7.15. The van der Waals surface area contributed by atoms with Gasteiger partial charge in [0.2, 0.25) is 10.0 Å². The number of nitrogens with zero attached hydrogens (tertiary/aromatic N) is 2. The number of rotatable bonds is 8. The fourth-order valence-corrected chi connectivity index (χ4v) is 5.56. The summed E-state index contributed by atoms with van der Waals surface area (Å²) in [4.78, 5) is 6.57. The van der Waals surface area contributed by atoms with E-state index in [2.05, 4.69) is 15.0 Å². The van der Waals surface area contributed by atoms with Crippen LogP contribution in [0.2, 0.25) is 0 Å². The van der Waals surface area contributed by atoms with Crippen molar-refractivity contribution in [3.05, 3.63) is 96.0 Å². The molecule has 0 radical (unpaired) electrons. The Morgan fingerprint density at radius 2 is 1.89 bits per heavy atom. The molecule has 2 aromatic heterocycles. The number of benzene rings is 2. The number of furan rings is 1. The van der Waals surface area contributed by atoms with Gasteiger partial charge < -0.3 is 19.4 Å². The van der Waals surface area contributed by atoms with Gasteiger partial charge in [0.05, 0.1) is 30.3 Å². The van der Waals surface area contributed by atoms with Gasteiger partial charge in [-0.1, -0.05) is 6.07 Å². The highest BCUT2D eigenvalue weighted by Crippen LogP contribution is 2.43. The van der Waals surface area contributed by atoms with E-state index >= 15 is 0 Å². The summed E-state index contributed by atoms with van der Waals surface area (Å²) in [6, 6.07) is 22.4. The van der Waals surface area contributed by atoms with Gasteiger partial charge in [0.15, 0.2) is 5.11 Å². The van der Waals surface area contributed by atoms with Crippen LogP contribution in [0, 0.1) is 6.92 Å². The van der Waals surface area contributed by atoms with Gasteiger partial charge in [0, 0.05) is 17.4 Å². The average molecular weight is 549 g/mol. The summed E-state index contributed by atoms with van der Waals surface area (Å²) in [6.45, 7) is 4.41. The molecule has 0 bridgehead atoms. The third-order valence-electron chi connectivity index (χ3n) is 6.25. The molecule has 0 amide bonds. The third kappa shape index (κ3) is 5.36. The molecule has 5 rings (SSSR count). The minimum atomic E-state index is -3.40. The van der Waals surface area contributed by atoms with Gasteiger partial charge in [0.1, 0.15) is 23.3 Å². The Morgan fingerprint density at radius 3 is 2.55 bits per heavy atom. The van der Waals surface area contributed by atoms with Crippen LogP contribution in [-0.4, -0.2) is 31.4 Å². The van der Waals surface area contributed by atoms with Crippen molar-refractivity contribution in [1.29, 1.82) is 0 Å². The zero-order valence-corrected chi connectivity index (χ0v) is 22.8. The maximum absolute atomic E-state index is 11.8. The number of nitrogens with one attached hydrogen (secondary N) is 2. The molecule has 1 fully saturated rings. The Labute approximate surface area is 227 Å². The second-order valence-electron chi connectivity index (χ2n) is 9.03. The molecule has 10 heteroatoms. The topological polar surface area (TPSA) is 96.7 Å². The van der Waals surface area contributed by atoms with E-state index in [4.69, 9.17) is 21.4 Å². The molecule has 196 valence electrons. The lowest BCUT2D eigenvalue weighted by atomic mass is 10.0. The molecule has 1 aliphatic rings. The largest absolute Gasteiger partial charge is 0.494 e. The fourth-order valence-electron chi connectivity index (χ4n) is 4.58. The number of anilines is 2. The number of hydrogen-bond donors (Lipinski definition) is 2. The Balaban J connectivity index is 1.54. The van der Waals surface area contributed by atoms with Gasteiger partial charge in [-0.05, 0) is 98.4 Å². The lowest BCUT2D eigenvalue weighted by molar-refractivity contribution is 0.340. The van der Waals surface area contributed by atoms with Crippen molar-refractivity contribution in [3.8, 4) is 17.1 Å². The molecule has 8 nitrogen and oxygen atoms in total. The molecule has 1 aliphatic heterocycles. The number of pyridine rings is 1. The van der Waals surface area contributed by atoms with E-state index in [0.29, 0.717) is 23.2 Å². The van der Waals surface area contributed by atoms with Crippen molar-refractivity contribution in [3.63, 3.8) is 0 Å². The minimum absolute atomic E-state index is 0.267. The summed E-state index contributed by atoms with van der Waals surface area (Å²) in [5, 5.41) is 3.94. The highest BCUT2D eigenvalue weighted by Gasteiger charge is 2.42. The smallest absolute Gasteiger partial charge is 0.229 e. The highest BCUT2D eigenvalue weighted by molar-refractivity contribution is 7.92. The Bertz CT molecular complexity index is 1550. The number of thiocarbonyl (C=S) groups is 1. The second-order valence-corrected chi connectivity index (χ2v) is 11.2. The monoisotopic (exact) mass is 548 g/mol. The van der Waals surface area contributed by atoms with E-state index in [1.807, 2.05) is 85.5 Å². The first-order chi connectivity index (χ1) is 18.2. The minimum Gasteiger partial charge on any atom is -0.494 e. The van der Waals surface area contributed by atoms with E-state index in [1.165, 1.54) is 0 Å². The number of hydrogen-bond acceptors (Lipinski definition) is 6. The van der Waals surface area contributed by atoms with Gasteiger partial charge in [0.25, 0.3) is 0 Å². The molecular formula is C28H28N4O4S2. The molecule has 1 saturated heterocycles. The normalized spacial score (nSPS) is 17.3. The van der Waals surface area contributed by atoms with Gasteiger partial charge in [-0.2, -0.15) is 0 Å². The maximum Gasteiger partial charge on any atom is 0.229 e. The summed E-state index contributed by atoms with van der Waals surface area (Å²) >= 11 is 5.80. The second kappa shape index (κ2) is 10.5. The van der Waals surface area contributed by atoms with Crippen molar-refractivity contribution < 1.29 is 17.6 Å². The van der Waals surface area contributed by atoms with E-state index in [-0.39, 0.29) is 12.1 Å². The summed E-state index contributed by atoms with van der Waals surface area (Å²) < 4.78 is 38.1. The molecule has 0 spiro atoms. The first-order valence-corrected chi connectivity index (χ1v) is 14.5. The lowest BCUT2D eigenvalue weighted by Gasteiger charge is -2.26. The van der Waals surface area contributed by atoms with Crippen LogP contribution in [0.3, 0.4) is 0 Å². The number of sulfonamides is 1. The van der Waals surface area contributed by atoms with Crippen molar-refractivity contribution in [1.82, 2.24) is 10.3 Å². The van der Waals surface area contributed by atoms with Gasteiger partial charge in [-0.3, -0.25) is 9.71 Å². The molecule has 2 aromatic carbocycles. The van der Waals surface area contributed by atoms with Crippen LogP contribution in [0.5, 0.6) is 5.75 Å². The van der Waals surface area contributed by atoms with Crippen molar-refractivity contribution in [2.24, 2.45) is 0 Å². The predicted octanol–water partition coefficient (Wildman–Crippen LogP) is 5.60. The molecule has 2 atom stereocenters. The molecular weight excluding hydrogens is 520 g/mol. The van der Waals surface area contributed by atoms with Crippen LogP contribution in [-0.2, 0) is 10.0 Å². The molecule has 2 N–H and O–H groups in total. The zero-order chi connectivity index (χ0) is 26.9. The summed E-state index contributed by atoms with van der Waals surface area (Å²) in [7, 11) is -3.40. The van der Waals surface area contributed by atoms with Crippen molar-refractivity contribution >= 4 is 38.7 Å². The Morgan fingerprint density at radius 1 is 1.11 bits per heavy atom. The Hall–Kier alpha value is -3.89. The van der Waals surface area contributed by atoms with Crippen LogP contribution in [0.25, 0.3) is 11.3 Å². The quantitative estimate of drug-likeness (QED) is 0.275. The molecule has 3 heterocycles. The first kappa shape index (κ1) is 25.7. The van der Waals surface area contributed by atoms with Crippen LogP contribution in [0.4, 0.5) is 11.4 Å². The van der Waals surface area contributed by atoms with E-state index < -0.39 is 10.0 Å². The SMILES string of the molecule is CCOc1ccc(-c2ccc([C@H]3[C@@H](c4ccccn4)NC(=S)N3c3ccc(NS(C)(=O)=O)c(C)c3)o2)cc1. The maximum atomic E-state index is 11.8. The van der Waals surface area contributed by atoms with Crippen LogP contribution >= 0.6 is 12.2 Å². The van der Waals surface area contributed by atoms with E-state index in [9.17, 15) is 8.42 Å². The van der Waals surface area contributed by atoms with Gasteiger partial charge in [-0.15, -0.1) is 0 Å². The summed E-state index contributed by atoms with van der Waals surface area (Å²) in [5.41, 5.74) is 3.85. The molecule has 0 aliphatic carbocycles. The summed E-state index contributed by atoms with van der Waals surface area (Å²) in [5.74, 6) is 2.25. The van der Waals surface area contributed by atoms with Crippen molar-refractivity contribution in [2.45, 2.75) is 25.9 Å². The number of aromatic nitrogens is 1. The lowest BCUT2D eigenvalue weighted by Crippen LogP contribution is -2.29. The van der Waals surface area contributed by atoms with Crippen LogP contribution < -0.4 is 19.7 Å². The van der Waals surface area contributed by atoms with Crippen molar-refractivity contribution in [2.75, 3.05) is 22.5 Å². The number of ether oxygens (including phenoxy) is 1. The van der Waals surface area contributed by atoms with Crippen LogP contribution in [0.1, 0.15) is 36.0 Å². The van der Waals surface area contributed by atoms with E-state index in [1.54, 1.807) is 12.3 Å². The predicted molar refractivity (Wildman–Crippen MR) is 153 cm³/mol. The molecule has 0 saturated carbocycles. The molecule has 0 unspecified atom stereocenters. The molecule has 4 aromatic rings. The van der Waals surface area contributed by atoms with Gasteiger partial charge >= 0.3 is 0 Å². The zero-order valence-electron chi connectivity index (χ0n) is 21.2.